The van der Waals surface area contributed by atoms with E-state index in [0.29, 0.717) is 12.3 Å². The van der Waals surface area contributed by atoms with E-state index >= 15 is 0 Å². The summed E-state index contributed by atoms with van der Waals surface area (Å²) in [6, 6.07) is 5.70. The van der Waals surface area contributed by atoms with Crippen LogP contribution in [0, 0.1) is 11.3 Å². The van der Waals surface area contributed by atoms with Gasteiger partial charge in [-0.1, -0.05) is 13.0 Å². The first-order chi connectivity index (χ1) is 8.12. The molecule has 0 unspecified atom stereocenters. The van der Waals surface area contributed by atoms with E-state index in [2.05, 4.69) is 11.9 Å². The Balaban J connectivity index is 2.15. The van der Waals surface area contributed by atoms with E-state index in [1.165, 1.54) is 0 Å². The highest BCUT2D eigenvalue weighted by molar-refractivity contribution is 5.75. The lowest BCUT2D eigenvalue weighted by Crippen LogP contribution is -2.37. The zero-order valence-electron chi connectivity index (χ0n) is 10.2. The van der Waals surface area contributed by atoms with Crippen molar-refractivity contribution in [2.24, 2.45) is 11.3 Å². The zero-order valence-corrected chi connectivity index (χ0v) is 10.2. The Bertz CT molecular complexity index is 380. The van der Waals surface area contributed by atoms with E-state index < -0.39 is 11.4 Å². The first kappa shape index (κ1) is 12.1. The molecule has 1 aromatic rings. The number of rotatable bonds is 3. The first-order valence-corrected chi connectivity index (χ1v) is 6.26. The second-order valence-corrected chi connectivity index (χ2v) is 5.27. The van der Waals surface area contributed by atoms with Gasteiger partial charge < -0.3 is 5.11 Å². The highest BCUT2D eigenvalue weighted by atomic mass is 16.4. The molecule has 2 rings (SSSR count). The molecule has 1 aliphatic rings. The minimum absolute atomic E-state index is 0.565. The molecular formula is C14H19NO2. The number of hydrogen-bond donors (Lipinski definition) is 1. The summed E-state index contributed by atoms with van der Waals surface area (Å²) in [5.74, 6) is 0.00117. The maximum absolute atomic E-state index is 11.6. The van der Waals surface area contributed by atoms with Crippen molar-refractivity contribution in [3.05, 3.63) is 30.1 Å². The summed E-state index contributed by atoms with van der Waals surface area (Å²) in [6.45, 7) is 2.20. The van der Waals surface area contributed by atoms with Crippen LogP contribution < -0.4 is 0 Å². The Morgan fingerprint density at radius 3 is 2.71 bits per heavy atom. The summed E-state index contributed by atoms with van der Waals surface area (Å²) in [4.78, 5) is 15.8. The molecule has 0 saturated heterocycles. The maximum atomic E-state index is 11.6. The maximum Gasteiger partial charge on any atom is 0.310 e. The Hall–Kier alpha value is -1.38. The Morgan fingerprint density at radius 1 is 1.47 bits per heavy atom. The first-order valence-electron chi connectivity index (χ1n) is 6.26. The molecule has 1 saturated carbocycles. The van der Waals surface area contributed by atoms with Gasteiger partial charge in [0.25, 0.3) is 0 Å². The van der Waals surface area contributed by atoms with Crippen LogP contribution in [-0.2, 0) is 11.2 Å². The van der Waals surface area contributed by atoms with Crippen LogP contribution in [0.4, 0.5) is 0 Å². The van der Waals surface area contributed by atoms with E-state index in [9.17, 15) is 9.90 Å². The fourth-order valence-electron chi connectivity index (χ4n) is 2.63. The summed E-state index contributed by atoms with van der Waals surface area (Å²) in [5, 5.41) is 9.51. The quantitative estimate of drug-likeness (QED) is 0.873. The van der Waals surface area contributed by atoms with Gasteiger partial charge in [-0.25, -0.2) is 0 Å². The highest BCUT2D eigenvalue weighted by Crippen LogP contribution is 2.41. The molecule has 3 heteroatoms. The van der Waals surface area contributed by atoms with Gasteiger partial charge >= 0.3 is 5.97 Å². The van der Waals surface area contributed by atoms with E-state index in [-0.39, 0.29) is 0 Å². The summed E-state index contributed by atoms with van der Waals surface area (Å²) >= 11 is 0. The van der Waals surface area contributed by atoms with Crippen molar-refractivity contribution in [2.45, 2.75) is 39.0 Å². The van der Waals surface area contributed by atoms with Crippen molar-refractivity contribution < 1.29 is 9.90 Å². The van der Waals surface area contributed by atoms with Crippen LogP contribution in [0.3, 0.4) is 0 Å². The standard InChI is InChI=1S/C14H19NO2/c1-11-5-7-14(8-6-11,13(16)17)10-12-4-2-3-9-15-12/h2-4,9,11H,5-8,10H2,1H3,(H,16,17). The molecule has 1 aliphatic carbocycles. The molecule has 0 aromatic carbocycles. The normalized spacial score (nSPS) is 28.9. The lowest BCUT2D eigenvalue weighted by atomic mass is 9.68. The Kier molecular flexibility index (Phi) is 3.46. The fourth-order valence-corrected chi connectivity index (χ4v) is 2.63. The van der Waals surface area contributed by atoms with Gasteiger partial charge in [-0.05, 0) is 43.7 Å². The van der Waals surface area contributed by atoms with Crippen molar-refractivity contribution >= 4 is 5.97 Å². The number of nitrogens with zero attached hydrogens (tertiary/aromatic N) is 1. The van der Waals surface area contributed by atoms with Crippen molar-refractivity contribution in [1.29, 1.82) is 0 Å². The number of carboxylic acid groups (broad SMARTS) is 1. The number of aromatic nitrogens is 1. The third kappa shape index (κ3) is 2.65. The lowest BCUT2D eigenvalue weighted by Gasteiger charge is -2.35. The summed E-state index contributed by atoms with van der Waals surface area (Å²) in [7, 11) is 0. The van der Waals surface area contributed by atoms with Crippen LogP contribution in [0.1, 0.15) is 38.3 Å². The minimum Gasteiger partial charge on any atom is -0.481 e. The SMILES string of the molecule is CC1CCC(Cc2ccccn2)(C(=O)O)CC1. The average molecular weight is 233 g/mol. The second kappa shape index (κ2) is 4.86. The number of pyridine rings is 1. The highest BCUT2D eigenvalue weighted by Gasteiger charge is 2.41. The summed E-state index contributed by atoms with van der Waals surface area (Å²) < 4.78 is 0. The van der Waals surface area contributed by atoms with Gasteiger partial charge in [-0.2, -0.15) is 0 Å². The van der Waals surface area contributed by atoms with E-state index in [1.54, 1.807) is 6.20 Å². The van der Waals surface area contributed by atoms with Gasteiger partial charge in [-0.15, -0.1) is 0 Å². The Morgan fingerprint density at radius 2 is 2.18 bits per heavy atom. The van der Waals surface area contributed by atoms with Gasteiger partial charge in [-0.3, -0.25) is 9.78 Å². The van der Waals surface area contributed by atoms with Crippen LogP contribution >= 0.6 is 0 Å². The van der Waals surface area contributed by atoms with Crippen LogP contribution in [0.2, 0.25) is 0 Å². The van der Waals surface area contributed by atoms with Crippen LogP contribution in [0.25, 0.3) is 0 Å². The van der Waals surface area contributed by atoms with Crippen molar-refractivity contribution in [3.63, 3.8) is 0 Å². The molecule has 17 heavy (non-hydrogen) atoms. The molecule has 0 atom stereocenters. The summed E-state index contributed by atoms with van der Waals surface area (Å²) in [5.41, 5.74) is 0.311. The molecule has 1 N–H and O–H groups in total. The second-order valence-electron chi connectivity index (χ2n) is 5.27. The topological polar surface area (TPSA) is 50.2 Å². The number of aliphatic carboxylic acids is 1. The lowest BCUT2D eigenvalue weighted by molar-refractivity contribution is -0.151. The van der Waals surface area contributed by atoms with Crippen molar-refractivity contribution in [2.75, 3.05) is 0 Å². The van der Waals surface area contributed by atoms with E-state index in [4.69, 9.17) is 0 Å². The molecule has 0 amide bonds. The van der Waals surface area contributed by atoms with E-state index in [0.717, 1.165) is 31.4 Å². The molecule has 1 heterocycles. The van der Waals surface area contributed by atoms with Gasteiger partial charge in [0.2, 0.25) is 0 Å². The Labute approximate surface area is 102 Å². The van der Waals surface area contributed by atoms with Crippen molar-refractivity contribution in [3.8, 4) is 0 Å². The van der Waals surface area contributed by atoms with Crippen LogP contribution in [0.5, 0.6) is 0 Å². The smallest absolute Gasteiger partial charge is 0.310 e. The molecule has 1 fully saturated rings. The largest absolute Gasteiger partial charge is 0.481 e. The van der Waals surface area contributed by atoms with Gasteiger partial charge in [0.15, 0.2) is 0 Å². The van der Waals surface area contributed by atoms with Crippen molar-refractivity contribution in [1.82, 2.24) is 4.98 Å². The molecule has 0 spiro atoms. The van der Waals surface area contributed by atoms with Gasteiger partial charge in [0.1, 0.15) is 0 Å². The molecule has 0 radical (unpaired) electrons. The fraction of sp³-hybridized carbons (Fsp3) is 0.571. The number of carboxylic acids is 1. The van der Waals surface area contributed by atoms with Gasteiger partial charge in [0.05, 0.1) is 5.41 Å². The third-order valence-electron chi connectivity index (χ3n) is 3.93. The van der Waals surface area contributed by atoms with Crippen LogP contribution in [0.15, 0.2) is 24.4 Å². The molecule has 0 aliphatic heterocycles. The zero-order chi connectivity index (χ0) is 12.3. The molecular weight excluding hydrogens is 214 g/mol. The molecule has 3 nitrogen and oxygen atoms in total. The van der Waals surface area contributed by atoms with Gasteiger partial charge in [0, 0.05) is 18.3 Å². The summed E-state index contributed by atoms with van der Waals surface area (Å²) in [6.07, 6.45) is 5.88. The number of carbonyl (C=O) groups is 1. The molecule has 0 bridgehead atoms. The third-order valence-corrected chi connectivity index (χ3v) is 3.93. The molecule has 92 valence electrons. The van der Waals surface area contributed by atoms with Crippen LogP contribution in [-0.4, -0.2) is 16.1 Å². The monoisotopic (exact) mass is 233 g/mol. The van der Waals surface area contributed by atoms with E-state index in [1.807, 2.05) is 18.2 Å². The molecule has 1 aromatic heterocycles. The predicted octanol–water partition coefficient (Wildman–Crippen LogP) is 2.91. The minimum atomic E-state index is -0.657. The number of hydrogen-bond acceptors (Lipinski definition) is 2. The average Bonchev–Trinajstić information content (AvgIpc) is 2.33. The predicted molar refractivity (Wildman–Crippen MR) is 65.6 cm³/mol.